The van der Waals surface area contributed by atoms with Crippen LogP contribution in [0.4, 0.5) is 0 Å². The van der Waals surface area contributed by atoms with Crippen LogP contribution in [0.5, 0.6) is 0 Å². The molecule has 0 nitrogen and oxygen atoms in total. The second-order valence-corrected chi connectivity index (χ2v) is 11.8. The van der Waals surface area contributed by atoms with Crippen molar-refractivity contribution in [3.05, 3.63) is 59.7 Å². The predicted octanol–water partition coefficient (Wildman–Crippen LogP) is 7.77. The standard InChI is InChI=1S/C20H26S4/c1-15(2)23-19-11-7-5-9-17(19)13-21-22-14-18-10-6-8-12-20(18)24-16(3)4/h5-12,15-16H,13-14H2,1-4H3. The molecule has 2 rings (SSSR count). The summed E-state index contributed by atoms with van der Waals surface area (Å²) >= 11 is 3.93. The molecule has 0 bridgehead atoms. The van der Waals surface area contributed by atoms with Gasteiger partial charge in [0.1, 0.15) is 0 Å². The molecule has 0 spiro atoms. The summed E-state index contributed by atoms with van der Waals surface area (Å²) < 4.78 is 0. The summed E-state index contributed by atoms with van der Waals surface area (Å²) in [5, 5.41) is 1.26. The average Bonchev–Trinajstić information content (AvgIpc) is 2.53. The Morgan fingerprint density at radius 3 is 1.38 bits per heavy atom. The van der Waals surface area contributed by atoms with Crippen LogP contribution in [0.1, 0.15) is 38.8 Å². The summed E-state index contributed by atoms with van der Waals surface area (Å²) in [6.07, 6.45) is 0. The zero-order valence-electron chi connectivity index (χ0n) is 14.8. The van der Waals surface area contributed by atoms with E-state index < -0.39 is 0 Å². The van der Waals surface area contributed by atoms with E-state index in [-0.39, 0.29) is 0 Å². The van der Waals surface area contributed by atoms with Crippen LogP contribution in [-0.4, -0.2) is 10.5 Å². The van der Waals surface area contributed by atoms with Gasteiger partial charge in [-0.2, -0.15) is 0 Å². The fraction of sp³-hybridized carbons (Fsp3) is 0.400. The van der Waals surface area contributed by atoms with Crippen molar-refractivity contribution in [2.24, 2.45) is 0 Å². The van der Waals surface area contributed by atoms with Gasteiger partial charge in [-0.25, -0.2) is 0 Å². The first-order valence-electron chi connectivity index (χ1n) is 8.29. The van der Waals surface area contributed by atoms with Crippen molar-refractivity contribution in [2.75, 3.05) is 0 Å². The van der Waals surface area contributed by atoms with Crippen molar-refractivity contribution in [1.29, 1.82) is 0 Å². The highest BCUT2D eigenvalue weighted by atomic mass is 33.1. The largest absolute Gasteiger partial charge is 0.123 e. The van der Waals surface area contributed by atoms with Crippen molar-refractivity contribution >= 4 is 45.1 Å². The first-order chi connectivity index (χ1) is 11.6. The fourth-order valence-electron chi connectivity index (χ4n) is 2.19. The molecule has 0 saturated heterocycles. The molecule has 4 heteroatoms. The highest BCUT2D eigenvalue weighted by molar-refractivity contribution is 8.76. The van der Waals surface area contributed by atoms with Gasteiger partial charge in [0.2, 0.25) is 0 Å². The lowest BCUT2D eigenvalue weighted by atomic mass is 10.2. The van der Waals surface area contributed by atoms with Crippen LogP contribution in [0, 0.1) is 0 Å². The highest BCUT2D eigenvalue weighted by Crippen LogP contribution is 2.36. The van der Waals surface area contributed by atoms with Gasteiger partial charge < -0.3 is 0 Å². The van der Waals surface area contributed by atoms with Crippen LogP contribution in [0.3, 0.4) is 0 Å². The van der Waals surface area contributed by atoms with E-state index in [9.17, 15) is 0 Å². The smallest absolute Gasteiger partial charge is 0.0299 e. The third kappa shape index (κ3) is 6.99. The summed E-state index contributed by atoms with van der Waals surface area (Å²) in [6.45, 7) is 9.03. The lowest BCUT2D eigenvalue weighted by molar-refractivity contribution is 1.10. The first-order valence-corrected chi connectivity index (χ1v) is 12.5. The Hall–Kier alpha value is -0.160. The molecule has 0 aromatic heterocycles. The number of thioether (sulfide) groups is 2. The number of hydrogen-bond acceptors (Lipinski definition) is 4. The fourth-order valence-corrected chi connectivity index (χ4v) is 6.48. The van der Waals surface area contributed by atoms with Gasteiger partial charge in [0, 0.05) is 31.8 Å². The van der Waals surface area contributed by atoms with Gasteiger partial charge in [-0.15, -0.1) is 23.5 Å². The molecule has 0 aliphatic rings. The lowest BCUT2D eigenvalue weighted by Crippen LogP contribution is -1.91. The summed E-state index contributed by atoms with van der Waals surface area (Å²) in [4.78, 5) is 2.85. The van der Waals surface area contributed by atoms with E-state index in [1.807, 2.05) is 45.1 Å². The van der Waals surface area contributed by atoms with Crippen LogP contribution in [0.25, 0.3) is 0 Å². The van der Waals surface area contributed by atoms with E-state index in [0.717, 1.165) is 11.5 Å². The van der Waals surface area contributed by atoms with Crippen molar-refractivity contribution in [1.82, 2.24) is 0 Å². The molecule has 0 N–H and O–H groups in total. The van der Waals surface area contributed by atoms with Crippen molar-refractivity contribution in [3.8, 4) is 0 Å². The van der Waals surface area contributed by atoms with Gasteiger partial charge in [0.25, 0.3) is 0 Å². The third-order valence-electron chi connectivity index (χ3n) is 3.18. The van der Waals surface area contributed by atoms with E-state index in [0.29, 0.717) is 10.5 Å². The number of rotatable bonds is 9. The quantitative estimate of drug-likeness (QED) is 0.242. The monoisotopic (exact) mass is 394 g/mol. The molecular formula is C20H26S4. The molecule has 2 aromatic carbocycles. The molecule has 0 saturated carbocycles. The zero-order valence-corrected chi connectivity index (χ0v) is 18.1. The molecule has 0 heterocycles. The minimum Gasteiger partial charge on any atom is -0.123 e. The summed E-state index contributed by atoms with van der Waals surface area (Å²) in [6, 6.07) is 17.6. The molecule has 2 aromatic rings. The maximum Gasteiger partial charge on any atom is 0.0299 e. The molecule has 24 heavy (non-hydrogen) atoms. The van der Waals surface area contributed by atoms with Crippen LogP contribution < -0.4 is 0 Å². The Bertz CT molecular complexity index is 567. The van der Waals surface area contributed by atoms with Crippen LogP contribution in [0.2, 0.25) is 0 Å². The Morgan fingerprint density at radius 2 is 1.00 bits per heavy atom. The highest BCUT2D eigenvalue weighted by Gasteiger charge is 2.07. The second-order valence-electron chi connectivity index (χ2n) is 6.07. The van der Waals surface area contributed by atoms with E-state index >= 15 is 0 Å². The van der Waals surface area contributed by atoms with E-state index in [4.69, 9.17) is 0 Å². The Morgan fingerprint density at radius 1 is 0.625 bits per heavy atom. The van der Waals surface area contributed by atoms with Crippen molar-refractivity contribution < 1.29 is 0 Å². The van der Waals surface area contributed by atoms with Gasteiger partial charge in [0.05, 0.1) is 0 Å². The maximum atomic E-state index is 2.26. The molecule has 0 aliphatic carbocycles. The summed E-state index contributed by atoms with van der Waals surface area (Å²) in [5.41, 5.74) is 2.91. The molecule has 0 radical (unpaired) electrons. The van der Waals surface area contributed by atoms with Crippen LogP contribution >= 0.6 is 45.1 Å². The van der Waals surface area contributed by atoms with Crippen molar-refractivity contribution in [2.45, 2.75) is 59.5 Å². The molecular weight excluding hydrogens is 368 g/mol. The molecule has 0 amide bonds. The predicted molar refractivity (Wildman–Crippen MR) is 117 cm³/mol. The normalized spacial score (nSPS) is 11.4. The Balaban J connectivity index is 1.88. The van der Waals surface area contributed by atoms with Crippen LogP contribution in [0.15, 0.2) is 58.3 Å². The molecule has 0 aliphatic heterocycles. The van der Waals surface area contributed by atoms with Crippen molar-refractivity contribution in [3.63, 3.8) is 0 Å². The molecule has 130 valence electrons. The Kier molecular flexibility index (Phi) is 9.02. The minimum absolute atomic E-state index is 0.628. The summed E-state index contributed by atoms with van der Waals surface area (Å²) in [7, 11) is 3.93. The van der Waals surface area contributed by atoms with Gasteiger partial charge in [0.15, 0.2) is 0 Å². The Labute approximate surface area is 163 Å². The maximum absolute atomic E-state index is 2.26. The third-order valence-corrected chi connectivity index (χ3v) is 7.66. The van der Waals surface area contributed by atoms with E-state index in [2.05, 4.69) is 76.2 Å². The van der Waals surface area contributed by atoms with Gasteiger partial charge in [-0.05, 0) is 23.3 Å². The minimum atomic E-state index is 0.628. The SMILES string of the molecule is CC(C)Sc1ccccc1CSSCc1ccccc1SC(C)C. The van der Waals surface area contributed by atoms with E-state index in [1.165, 1.54) is 20.9 Å². The zero-order chi connectivity index (χ0) is 17.4. The van der Waals surface area contributed by atoms with Crippen LogP contribution in [-0.2, 0) is 11.5 Å². The lowest BCUT2D eigenvalue weighted by Gasteiger charge is -2.12. The summed E-state index contributed by atoms with van der Waals surface area (Å²) in [5.74, 6) is 2.14. The number of benzene rings is 2. The molecule has 0 fully saturated rings. The van der Waals surface area contributed by atoms with Gasteiger partial charge >= 0.3 is 0 Å². The van der Waals surface area contributed by atoms with Gasteiger partial charge in [-0.3, -0.25) is 0 Å². The topological polar surface area (TPSA) is 0 Å². The molecule has 0 atom stereocenters. The second kappa shape index (κ2) is 10.7. The average molecular weight is 395 g/mol. The molecule has 0 unspecified atom stereocenters. The number of hydrogen-bond donors (Lipinski definition) is 0. The first kappa shape index (κ1) is 20.2. The van der Waals surface area contributed by atoms with E-state index in [1.54, 1.807) is 0 Å². The van der Waals surface area contributed by atoms with Gasteiger partial charge in [-0.1, -0.05) is 85.7 Å².